The number of pyridine rings is 2. The van der Waals surface area contributed by atoms with Crippen molar-refractivity contribution in [2.75, 3.05) is 23.3 Å². The van der Waals surface area contributed by atoms with Gasteiger partial charge in [0.05, 0.1) is 5.56 Å². The van der Waals surface area contributed by atoms with Crippen LogP contribution in [0.15, 0.2) is 36.7 Å². The topological polar surface area (TPSA) is 78.3 Å². The number of carbonyl (C=O) groups excluding carboxylic acids is 1. The molecule has 0 saturated carbocycles. The molecule has 23 heavy (non-hydrogen) atoms. The first kappa shape index (κ1) is 15.3. The van der Waals surface area contributed by atoms with E-state index >= 15 is 0 Å². The molecular formula is C17H20N4O2. The molecular weight excluding hydrogens is 292 g/mol. The minimum Gasteiger partial charge on any atom is -0.504 e. The van der Waals surface area contributed by atoms with Crippen molar-refractivity contribution in [3.63, 3.8) is 0 Å². The number of amides is 1. The Morgan fingerprint density at radius 1 is 1.09 bits per heavy atom. The van der Waals surface area contributed by atoms with Crippen molar-refractivity contribution >= 4 is 17.5 Å². The van der Waals surface area contributed by atoms with Gasteiger partial charge in [-0.15, -0.1) is 0 Å². The Morgan fingerprint density at radius 3 is 2.52 bits per heavy atom. The lowest BCUT2D eigenvalue weighted by molar-refractivity contribution is 0.102. The molecule has 0 radical (unpaired) electrons. The first-order valence-electron chi connectivity index (χ1n) is 7.90. The van der Waals surface area contributed by atoms with Gasteiger partial charge in [-0.2, -0.15) is 0 Å². The quantitative estimate of drug-likeness (QED) is 0.911. The molecule has 0 aromatic carbocycles. The predicted octanol–water partition coefficient (Wildman–Crippen LogP) is 2.81. The van der Waals surface area contributed by atoms with Crippen molar-refractivity contribution < 1.29 is 9.90 Å². The second-order valence-corrected chi connectivity index (χ2v) is 5.63. The molecule has 3 rings (SSSR count). The molecule has 0 atom stereocenters. The number of aromatic nitrogens is 2. The fourth-order valence-corrected chi connectivity index (χ4v) is 2.68. The van der Waals surface area contributed by atoms with E-state index in [-0.39, 0.29) is 17.5 Å². The Labute approximate surface area is 135 Å². The third-order valence-corrected chi connectivity index (χ3v) is 3.96. The summed E-state index contributed by atoms with van der Waals surface area (Å²) in [6.07, 6.45) is 7.98. The van der Waals surface area contributed by atoms with E-state index in [0.717, 1.165) is 18.9 Å². The van der Waals surface area contributed by atoms with Gasteiger partial charge in [-0.3, -0.25) is 4.79 Å². The number of rotatable bonds is 3. The van der Waals surface area contributed by atoms with E-state index < -0.39 is 0 Å². The molecule has 6 nitrogen and oxygen atoms in total. The summed E-state index contributed by atoms with van der Waals surface area (Å²) in [6, 6.07) is 6.70. The highest BCUT2D eigenvalue weighted by Gasteiger charge is 2.13. The van der Waals surface area contributed by atoms with Crippen LogP contribution in [0.1, 0.15) is 36.0 Å². The highest BCUT2D eigenvalue weighted by Crippen LogP contribution is 2.20. The van der Waals surface area contributed by atoms with Gasteiger partial charge in [-0.25, -0.2) is 9.97 Å². The minimum absolute atomic E-state index is 0.0602. The van der Waals surface area contributed by atoms with Gasteiger partial charge in [0.1, 0.15) is 5.82 Å². The molecule has 0 bridgehead atoms. The first-order valence-corrected chi connectivity index (χ1v) is 7.90. The maximum atomic E-state index is 12.2. The standard InChI is InChI=1S/C17H20N4O2/c22-14-6-5-9-18-16(14)20-17(23)13-7-8-15(19-12-13)21-10-3-1-2-4-11-21/h5-9,12,22H,1-4,10-11H2,(H,18,20,23). The van der Waals surface area contributed by atoms with Gasteiger partial charge < -0.3 is 15.3 Å². The average Bonchev–Trinajstić information content (AvgIpc) is 2.86. The van der Waals surface area contributed by atoms with Crippen LogP contribution in [0.5, 0.6) is 5.75 Å². The summed E-state index contributed by atoms with van der Waals surface area (Å²) in [4.78, 5) is 22.8. The molecule has 3 heterocycles. The second kappa shape index (κ2) is 7.09. The molecule has 1 saturated heterocycles. The normalized spacial score (nSPS) is 15.0. The molecule has 1 fully saturated rings. The van der Waals surface area contributed by atoms with Gasteiger partial charge in [0.2, 0.25) is 0 Å². The van der Waals surface area contributed by atoms with Crippen molar-refractivity contribution in [2.45, 2.75) is 25.7 Å². The first-order chi connectivity index (χ1) is 11.2. The molecule has 2 aromatic heterocycles. The van der Waals surface area contributed by atoms with Crippen molar-refractivity contribution in [3.05, 3.63) is 42.2 Å². The third kappa shape index (κ3) is 3.77. The Morgan fingerprint density at radius 2 is 1.87 bits per heavy atom. The van der Waals surface area contributed by atoms with Crippen LogP contribution in [0, 0.1) is 0 Å². The largest absolute Gasteiger partial charge is 0.504 e. The number of nitrogens with one attached hydrogen (secondary N) is 1. The van der Waals surface area contributed by atoms with E-state index in [1.165, 1.54) is 37.9 Å². The number of nitrogens with zero attached hydrogens (tertiary/aromatic N) is 3. The summed E-state index contributed by atoms with van der Waals surface area (Å²) in [6.45, 7) is 2.03. The molecule has 1 amide bonds. The summed E-state index contributed by atoms with van der Waals surface area (Å²) < 4.78 is 0. The zero-order valence-corrected chi connectivity index (χ0v) is 12.9. The molecule has 120 valence electrons. The number of hydrogen-bond acceptors (Lipinski definition) is 5. The molecule has 2 aromatic rings. The number of anilines is 2. The highest BCUT2D eigenvalue weighted by atomic mass is 16.3. The molecule has 0 unspecified atom stereocenters. The summed E-state index contributed by atoms with van der Waals surface area (Å²) in [7, 11) is 0. The third-order valence-electron chi connectivity index (χ3n) is 3.96. The van der Waals surface area contributed by atoms with Gasteiger partial charge in [-0.1, -0.05) is 12.8 Å². The summed E-state index contributed by atoms with van der Waals surface area (Å²) in [5.74, 6) is 0.655. The fraction of sp³-hybridized carbons (Fsp3) is 0.353. The molecule has 0 spiro atoms. The highest BCUT2D eigenvalue weighted by molar-refractivity contribution is 6.04. The van der Waals surface area contributed by atoms with E-state index in [2.05, 4.69) is 20.2 Å². The monoisotopic (exact) mass is 312 g/mol. The Hall–Kier alpha value is -2.63. The average molecular weight is 312 g/mol. The predicted molar refractivity (Wildman–Crippen MR) is 88.8 cm³/mol. The van der Waals surface area contributed by atoms with Crippen LogP contribution in [0.2, 0.25) is 0 Å². The molecule has 6 heteroatoms. The lowest BCUT2D eigenvalue weighted by atomic mass is 10.2. The van der Waals surface area contributed by atoms with E-state index in [4.69, 9.17) is 0 Å². The van der Waals surface area contributed by atoms with Gasteiger partial charge >= 0.3 is 0 Å². The summed E-state index contributed by atoms with van der Waals surface area (Å²) in [5, 5.41) is 12.2. The van der Waals surface area contributed by atoms with Crippen molar-refractivity contribution in [1.29, 1.82) is 0 Å². The zero-order chi connectivity index (χ0) is 16.1. The lowest BCUT2D eigenvalue weighted by Gasteiger charge is -2.21. The van der Waals surface area contributed by atoms with Gasteiger partial charge in [0.25, 0.3) is 5.91 Å². The molecule has 1 aliphatic heterocycles. The van der Waals surface area contributed by atoms with Crippen LogP contribution in [0.25, 0.3) is 0 Å². The lowest BCUT2D eigenvalue weighted by Crippen LogP contribution is -2.25. The van der Waals surface area contributed by atoms with Crippen molar-refractivity contribution in [1.82, 2.24) is 9.97 Å². The van der Waals surface area contributed by atoms with Crippen LogP contribution < -0.4 is 10.2 Å². The fourth-order valence-electron chi connectivity index (χ4n) is 2.68. The summed E-state index contributed by atoms with van der Waals surface area (Å²) in [5.41, 5.74) is 0.439. The number of hydrogen-bond donors (Lipinski definition) is 2. The van der Waals surface area contributed by atoms with Crippen LogP contribution in [-0.2, 0) is 0 Å². The Kier molecular flexibility index (Phi) is 4.71. The van der Waals surface area contributed by atoms with Crippen LogP contribution in [0.4, 0.5) is 11.6 Å². The van der Waals surface area contributed by atoms with Gasteiger partial charge in [-0.05, 0) is 37.1 Å². The Balaban J connectivity index is 1.69. The minimum atomic E-state index is -0.339. The molecule has 2 N–H and O–H groups in total. The maximum absolute atomic E-state index is 12.2. The molecule has 0 aliphatic carbocycles. The van der Waals surface area contributed by atoms with Crippen LogP contribution >= 0.6 is 0 Å². The van der Waals surface area contributed by atoms with Crippen LogP contribution in [-0.4, -0.2) is 34.1 Å². The van der Waals surface area contributed by atoms with Gasteiger partial charge in [0.15, 0.2) is 11.6 Å². The SMILES string of the molecule is O=C(Nc1ncccc1O)c1ccc(N2CCCCCC2)nc1. The summed E-state index contributed by atoms with van der Waals surface area (Å²) >= 11 is 0. The molecule has 1 aliphatic rings. The Bertz CT molecular complexity index is 665. The van der Waals surface area contributed by atoms with E-state index in [9.17, 15) is 9.90 Å². The van der Waals surface area contributed by atoms with Gasteiger partial charge in [0, 0.05) is 25.5 Å². The van der Waals surface area contributed by atoms with Crippen LogP contribution in [0.3, 0.4) is 0 Å². The van der Waals surface area contributed by atoms with E-state index in [1.54, 1.807) is 18.3 Å². The smallest absolute Gasteiger partial charge is 0.258 e. The number of aromatic hydroxyl groups is 1. The van der Waals surface area contributed by atoms with Crippen molar-refractivity contribution in [2.24, 2.45) is 0 Å². The number of carbonyl (C=O) groups is 1. The van der Waals surface area contributed by atoms with Crippen molar-refractivity contribution in [3.8, 4) is 5.75 Å². The zero-order valence-electron chi connectivity index (χ0n) is 12.9. The second-order valence-electron chi connectivity index (χ2n) is 5.63. The van der Waals surface area contributed by atoms with E-state index in [1.807, 2.05) is 6.07 Å². The maximum Gasteiger partial charge on any atom is 0.258 e. The van der Waals surface area contributed by atoms with E-state index in [0.29, 0.717) is 5.56 Å².